The molecule has 0 bridgehead atoms. The Kier molecular flexibility index (Phi) is 16.2. The van der Waals surface area contributed by atoms with Gasteiger partial charge in [-0.2, -0.15) is 0 Å². The van der Waals surface area contributed by atoms with Gasteiger partial charge in [0, 0.05) is 19.6 Å². The van der Waals surface area contributed by atoms with Gasteiger partial charge in [0.25, 0.3) is 0 Å². The second-order valence-corrected chi connectivity index (χ2v) is 1.58. The molecular formula is C5H15N2NaO. The Morgan fingerprint density at radius 3 is 2.33 bits per heavy atom. The van der Waals surface area contributed by atoms with Crippen molar-refractivity contribution in [1.29, 1.82) is 0 Å². The summed E-state index contributed by atoms with van der Waals surface area (Å²) in [7, 11) is 1.90. The fourth-order valence-electron chi connectivity index (χ4n) is 0.417. The van der Waals surface area contributed by atoms with Gasteiger partial charge in [-0.25, -0.2) is 0 Å². The van der Waals surface area contributed by atoms with Gasteiger partial charge in [-0.05, 0) is 7.05 Å². The Morgan fingerprint density at radius 1 is 1.22 bits per heavy atom. The summed E-state index contributed by atoms with van der Waals surface area (Å²) in [5, 5.41) is 14.3. The molecule has 52 valence electrons. The first-order valence-electron chi connectivity index (χ1n) is 2.88. The van der Waals surface area contributed by atoms with Crippen LogP contribution in [0.5, 0.6) is 0 Å². The summed E-state index contributed by atoms with van der Waals surface area (Å²) >= 11 is 0. The SMILES string of the molecule is CNCCNCCO.[NaH]. The van der Waals surface area contributed by atoms with E-state index in [0.717, 1.165) is 13.1 Å². The molecule has 4 heteroatoms. The van der Waals surface area contributed by atoms with E-state index in [2.05, 4.69) is 10.6 Å². The van der Waals surface area contributed by atoms with Crippen molar-refractivity contribution in [1.82, 2.24) is 10.6 Å². The van der Waals surface area contributed by atoms with Crippen molar-refractivity contribution >= 4 is 29.6 Å². The van der Waals surface area contributed by atoms with Crippen LogP contribution in [0.1, 0.15) is 0 Å². The van der Waals surface area contributed by atoms with Crippen molar-refractivity contribution in [2.24, 2.45) is 0 Å². The van der Waals surface area contributed by atoms with Crippen LogP contribution in [0, 0.1) is 0 Å². The van der Waals surface area contributed by atoms with E-state index >= 15 is 0 Å². The van der Waals surface area contributed by atoms with Crippen molar-refractivity contribution in [3.05, 3.63) is 0 Å². The van der Waals surface area contributed by atoms with Gasteiger partial charge in [-0.3, -0.25) is 0 Å². The van der Waals surface area contributed by atoms with Crippen LogP contribution in [-0.2, 0) is 0 Å². The van der Waals surface area contributed by atoms with Gasteiger partial charge < -0.3 is 15.7 Å². The third-order valence-electron chi connectivity index (χ3n) is 0.840. The van der Waals surface area contributed by atoms with Gasteiger partial charge in [0.05, 0.1) is 6.61 Å². The Balaban J connectivity index is 0. The molecule has 3 nitrogen and oxygen atoms in total. The van der Waals surface area contributed by atoms with Crippen molar-refractivity contribution in [3.8, 4) is 0 Å². The molecule has 0 spiro atoms. The number of nitrogens with one attached hydrogen (secondary N) is 2. The van der Waals surface area contributed by atoms with Crippen LogP contribution in [0.25, 0.3) is 0 Å². The number of likely N-dealkylation sites (N-methyl/N-ethyl adjacent to an activating group) is 1. The number of rotatable bonds is 5. The van der Waals surface area contributed by atoms with Crippen LogP contribution in [0.4, 0.5) is 0 Å². The van der Waals surface area contributed by atoms with Crippen LogP contribution in [0.15, 0.2) is 0 Å². The summed E-state index contributed by atoms with van der Waals surface area (Å²) in [4.78, 5) is 0. The van der Waals surface area contributed by atoms with E-state index in [4.69, 9.17) is 5.11 Å². The molecule has 0 saturated heterocycles. The Hall–Kier alpha value is 0.880. The van der Waals surface area contributed by atoms with Gasteiger partial charge in [-0.1, -0.05) is 0 Å². The van der Waals surface area contributed by atoms with E-state index in [-0.39, 0.29) is 36.2 Å². The first-order chi connectivity index (χ1) is 3.91. The monoisotopic (exact) mass is 142 g/mol. The Bertz CT molecular complexity index is 39.9. The summed E-state index contributed by atoms with van der Waals surface area (Å²) < 4.78 is 0. The Labute approximate surface area is 78.5 Å². The molecule has 0 aliphatic rings. The van der Waals surface area contributed by atoms with Crippen LogP contribution in [0.3, 0.4) is 0 Å². The minimum atomic E-state index is 0. The normalized spacial score (nSPS) is 8.67. The van der Waals surface area contributed by atoms with Crippen LogP contribution in [-0.4, -0.2) is 68.0 Å². The van der Waals surface area contributed by atoms with E-state index in [1.165, 1.54) is 0 Å². The standard InChI is InChI=1S/C5H14N2O.Na.H/c1-6-2-3-7-4-5-8;;/h6-8H,2-5H2,1H3;;. The van der Waals surface area contributed by atoms with Gasteiger partial charge in [0.15, 0.2) is 0 Å². The molecular weight excluding hydrogens is 127 g/mol. The fourth-order valence-corrected chi connectivity index (χ4v) is 0.417. The fraction of sp³-hybridized carbons (Fsp3) is 1.00. The van der Waals surface area contributed by atoms with Crippen LogP contribution >= 0.6 is 0 Å². The molecule has 0 unspecified atom stereocenters. The van der Waals surface area contributed by atoms with Gasteiger partial charge in [-0.15, -0.1) is 0 Å². The molecule has 0 radical (unpaired) electrons. The molecule has 0 fully saturated rings. The average Bonchev–Trinajstić information content (AvgIpc) is 1.81. The van der Waals surface area contributed by atoms with Crippen molar-refractivity contribution < 1.29 is 5.11 Å². The molecule has 3 N–H and O–H groups in total. The first kappa shape index (κ1) is 12.5. The maximum absolute atomic E-state index is 8.28. The summed E-state index contributed by atoms with van der Waals surface area (Å²) in [5.41, 5.74) is 0. The van der Waals surface area contributed by atoms with Gasteiger partial charge >= 0.3 is 29.6 Å². The van der Waals surface area contributed by atoms with Crippen LogP contribution in [0.2, 0.25) is 0 Å². The zero-order valence-corrected chi connectivity index (χ0v) is 5.28. The molecule has 0 aromatic rings. The zero-order chi connectivity index (χ0) is 6.24. The molecule has 0 aliphatic carbocycles. The van der Waals surface area contributed by atoms with Crippen molar-refractivity contribution in [3.63, 3.8) is 0 Å². The molecule has 0 amide bonds. The summed E-state index contributed by atoms with van der Waals surface area (Å²) in [5.74, 6) is 0. The molecule has 0 rings (SSSR count). The van der Waals surface area contributed by atoms with Crippen LogP contribution < -0.4 is 10.6 Å². The average molecular weight is 142 g/mol. The van der Waals surface area contributed by atoms with E-state index < -0.39 is 0 Å². The second-order valence-electron chi connectivity index (χ2n) is 1.58. The maximum atomic E-state index is 8.28. The zero-order valence-electron chi connectivity index (χ0n) is 5.28. The van der Waals surface area contributed by atoms with E-state index in [9.17, 15) is 0 Å². The van der Waals surface area contributed by atoms with E-state index in [1.807, 2.05) is 7.05 Å². The minimum absolute atomic E-state index is 0. The quantitative estimate of drug-likeness (QED) is 0.311. The van der Waals surface area contributed by atoms with Crippen molar-refractivity contribution in [2.75, 3.05) is 33.3 Å². The van der Waals surface area contributed by atoms with E-state index in [0.29, 0.717) is 6.54 Å². The second kappa shape index (κ2) is 11.6. The third-order valence-corrected chi connectivity index (χ3v) is 0.840. The number of hydrogen-bond donors (Lipinski definition) is 3. The predicted octanol–water partition coefficient (Wildman–Crippen LogP) is -1.86. The molecule has 0 atom stereocenters. The number of hydrogen-bond acceptors (Lipinski definition) is 3. The molecule has 0 aromatic carbocycles. The van der Waals surface area contributed by atoms with Gasteiger partial charge in [0.2, 0.25) is 0 Å². The topological polar surface area (TPSA) is 44.3 Å². The first-order valence-corrected chi connectivity index (χ1v) is 2.88. The van der Waals surface area contributed by atoms with Gasteiger partial charge in [0.1, 0.15) is 0 Å². The number of aliphatic hydroxyl groups is 1. The molecule has 0 saturated carbocycles. The Morgan fingerprint density at radius 2 is 1.89 bits per heavy atom. The third kappa shape index (κ3) is 12.2. The molecule has 0 aliphatic heterocycles. The predicted molar refractivity (Wildman–Crippen MR) is 41.0 cm³/mol. The summed E-state index contributed by atoms with van der Waals surface area (Å²) in [6.45, 7) is 2.81. The van der Waals surface area contributed by atoms with Crippen molar-refractivity contribution in [2.45, 2.75) is 0 Å². The molecule has 9 heavy (non-hydrogen) atoms. The van der Waals surface area contributed by atoms with E-state index in [1.54, 1.807) is 0 Å². The summed E-state index contributed by atoms with van der Waals surface area (Å²) in [6, 6.07) is 0. The molecule has 0 aromatic heterocycles. The summed E-state index contributed by atoms with van der Waals surface area (Å²) in [6.07, 6.45) is 0. The number of aliphatic hydroxyl groups excluding tert-OH is 1. The molecule has 0 heterocycles.